The predicted molar refractivity (Wildman–Crippen MR) is 84.7 cm³/mol. The Labute approximate surface area is 128 Å². The third-order valence-electron chi connectivity index (χ3n) is 2.97. The number of rotatable bonds is 5. The predicted octanol–water partition coefficient (Wildman–Crippen LogP) is 4.33. The van der Waals surface area contributed by atoms with Gasteiger partial charge in [-0.05, 0) is 27.2 Å². The monoisotopic (exact) mass is 310 g/mol. The Hall–Kier alpha value is -1.20. The van der Waals surface area contributed by atoms with Crippen molar-refractivity contribution in [2.24, 2.45) is 0 Å². The molecular weight excluding hydrogens is 292 g/mol. The lowest BCUT2D eigenvalue weighted by Gasteiger charge is -2.15. The molecule has 4 nitrogen and oxygen atoms in total. The van der Waals surface area contributed by atoms with E-state index in [1.807, 2.05) is 13.8 Å². The third-order valence-corrected chi connectivity index (χ3v) is 4.48. The summed E-state index contributed by atoms with van der Waals surface area (Å²) >= 11 is 7.84. The number of halogens is 1. The fourth-order valence-corrected chi connectivity index (χ4v) is 2.84. The maximum absolute atomic E-state index is 6.18. The maximum atomic E-state index is 6.18. The van der Waals surface area contributed by atoms with Crippen molar-refractivity contribution in [2.75, 3.05) is 5.32 Å². The molecule has 1 unspecified atom stereocenters. The van der Waals surface area contributed by atoms with Gasteiger partial charge in [0.2, 0.25) is 0 Å². The molecule has 2 aromatic rings. The number of aromatic nitrogens is 3. The highest BCUT2D eigenvalue weighted by atomic mass is 35.5. The smallest absolute Gasteiger partial charge is 0.137 e. The van der Waals surface area contributed by atoms with E-state index in [4.69, 9.17) is 11.6 Å². The Balaban J connectivity index is 2.23. The van der Waals surface area contributed by atoms with Crippen LogP contribution >= 0.6 is 22.9 Å². The molecule has 0 spiro atoms. The fraction of sp³-hybridized carbons (Fsp3) is 0.500. The minimum Gasteiger partial charge on any atom is -0.361 e. The quantitative estimate of drug-likeness (QED) is 0.835. The second-order valence-corrected chi connectivity index (χ2v) is 6.10. The van der Waals surface area contributed by atoms with Gasteiger partial charge in [0, 0.05) is 23.1 Å². The summed E-state index contributed by atoms with van der Waals surface area (Å²) in [4.78, 5) is 13.4. The topological polar surface area (TPSA) is 50.7 Å². The molecule has 1 N–H and O–H groups in total. The summed E-state index contributed by atoms with van der Waals surface area (Å²) in [5.74, 6) is 1.59. The minimum atomic E-state index is 0.104. The van der Waals surface area contributed by atoms with Gasteiger partial charge in [0.15, 0.2) is 0 Å². The van der Waals surface area contributed by atoms with Crippen LogP contribution in [0.1, 0.15) is 48.4 Å². The first-order valence-electron chi connectivity index (χ1n) is 6.72. The molecule has 0 aliphatic carbocycles. The van der Waals surface area contributed by atoms with E-state index in [2.05, 4.69) is 39.5 Å². The van der Waals surface area contributed by atoms with Crippen molar-refractivity contribution in [1.82, 2.24) is 15.0 Å². The van der Waals surface area contributed by atoms with E-state index in [1.165, 1.54) is 0 Å². The van der Waals surface area contributed by atoms with Crippen LogP contribution in [0.2, 0.25) is 5.15 Å². The van der Waals surface area contributed by atoms with Crippen molar-refractivity contribution in [3.8, 4) is 0 Å². The number of nitrogens with zero attached hydrogens (tertiary/aromatic N) is 3. The van der Waals surface area contributed by atoms with Gasteiger partial charge in [-0.3, -0.25) is 0 Å². The van der Waals surface area contributed by atoms with E-state index in [-0.39, 0.29) is 6.04 Å². The highest BCUT2D eigenvalue weighted by Crippen LogP contribution is 2.26. The minimum absolute atomic E-state index is 0.104. The van der Waals surface area contributed by atoms with E-state index < -0.39 is 0 Å². The van der Waals surface area contributed by atoms with E-state index in [0.717, 1.165) is 40.7 Å². The van der Waals surface area contributed by atoms with Gasteiger partial charge in [-0.2, -0.15) is 0 Å². The lowest BCUT2D eigenvalue weighted by Crippen LogP contribution is -2.11. The van der Waals surface area contributed by atoms with E-state index in [1.54, 1.807) is 11.3 Å². The summed E-state index contributed by atoms with van der Waals surface area (Å²) in [5.41, 5.74) is 1.93. The second-order valence-electron chi connectivity index (χ2n) is 4.85. The summed E-state index contributed by atoms with van der Waals surface area (Å²) < 4.78 is 0. The molecule has 20 heavy (non-hydrogen) atoms. The van der Waals surface area contributed by atoms with Crippen LogP contribution in [0, 0.1) is 13.8 Å². The number of aryl methyl sites for hydroxylation is 2. The number of anilines is 1. The highest BCUT2D eigenvalue weighted by Gasteiger charge is 2.14. The van der Waals surface area contributed by atoms with E-state index >= 15 is 0 Å². The first-order chi connectivity index (χ1) is 9.51. The number of hydrogen-bond acceptors (Lipinski definition) is 5. The van der Waals surface area contributed by atoms with Crippen LogP contribution in [0.25, 0.3) is 0 Å². The zero-order valence-electron chi connectivity index (χ0n) is 12.2. The Morgan fingerprint density at radius 2 is 2.05 bits per heavy atom. The molecule has 0 radical (unpaired) electrons. The molecular formula is C14H19ClN4S. The van der Waals surface area contributed by atoms with Crippen molar-refractivity contribution in [3.63, 3.8) is 0 Å². The molecule has 2 heterocycles. The number of hydrogen-bond donors (Lipinski definition) is 1. The van der Waals surface area contributed by atoms with Crippen molar-refractivity contribution in [2.45, 2.75) is 46.6 Å². The molecule has 0 aliphatic rings. The lowest BCUT2D eigenvalue weighted by atomic mass is 10.2. The van der Waals surface area contributed by atoms with Crippen molar-refractivity contribution < 1.29 is 0 Å². The summed E-state index contributed by atoms with van der Waals surface area (Å²) in [7, 11) is 0. The van der Waals surface area contributed by atoms with Crippen molar-refractivity contribution in [3.05, 3.63) is 32.6 Å². The second kappa shape index (κ2) is 6.50. The highest BCUT2D eigenvalue weighted by molar-refractivity contribution is 7.09. The van der Waals surface area contributed by atoms with Gasteiger partial charge in [0.05, 0.1) is 6.04 Å². The van der Waals surface area contributed by atoms with Gasteiger partial charge in [0.1, 0.15) is 21.8 Å². The molecule has 0 aliphatic heterocycles. The van der Waals surface area contributed by atoms with Gasteiger partial charge in [0.25, 0.3) is 0 Å². The molecule has 0 fully saturated rings. The summed E-state index contributed by atoms with van der Waals surface area (Å²) in [6, 6.07) is 0.104. The average Bonchev–Trinajstić information content (AvgIpc) is 2.82. The molecule has 108 valence electrons. The summed E-state index contributed by atoms with van der Waals surface area (Å²) in [6.45, 7) is 8.11. The standard InChI is InChI=1S/C14H19ClN4S/c1-5-6-11-18-12(15)9(3)13(19-11)17-10(4)14-16-8(2)7-20-14/h7,10H,5-6H2,1-4H3,(H,17,18,19). The summed E-state index contributed by atoms with van der Waals surface area (Å²) in [6.07, 6.45) is 1.83. The van der Waals surface area contributed by atoms with Gasteiger partial charge in [-0.25, -0.2) is 15.0 Å². The number of thiazole rings is 1. The van der Waals surface area contributed by atoms with Crippen LogP contribution in [-0.4, -0.2) is 15.0 Å². The molecule has 1 atom stereocenters. The van der Waals surface area contributed by atoms with Gasteiger partial charge >= 0.3 is 0 Å². The van der Waals surface area contributed by atoms with Crippen LogP contribution in [-0.2, 0) is 6.42 Å². The van der Waals surface area contributed by atoms with Crippen molar-refractivity contribution >= 4 is 28.8 Å². The Kier molecular flexibility index (Phi) is 4.94. The zero-order chi connectivity index (χ0) is 14.7. The molecule has 0 saturated carbocycles. The Morgan fingerprint density at radius 1 is 1.30 bits per heavy atom. The zero-order valence-corrected chi connectivity index (χ0v) is 13.8. The number of nitrogens with one attached hydrogen (secondary N) is 1. The van der Waals surface area contributed by atoms with E-state index in [9.17, 15) is 0 Å². The molecule has 0 aromatic carbocycles. The molecule has 2 rings (SSSR count). The normalized spacial score (nSPS) is 12.4. The first-order valence-corrected chi connectivity index (χ1v) is 7.98. The third kappa shape index (κ3) is 3.46. The molecule has 2 aromatic heterocycles. The fourth-order valence-electron chi connectivity index (χ4n) is 1.85. The molecule has 0 amide bonds. The lowest BCUT2D eigenvalue weighted by molar-refractivity contribution is 0.810. The van der Waals surface area contributed by atoms with Crippen LogP contribution < -0.4 is 5.32 Å². The van der Waals surface area contributed by atoms with Crippen LogP contribution in [0.5, 0.6) is 0 Å². The van der Waals surface area contributed by atoms with Crippen LogP contribution in [0.3, 0.4) is 0 Å². The SMILES string of the molecule is CCCc1nc(Cl)c(C)c(NC(C)c2nc(C)cs2)n1. The van der Waals surface area contributed by atoms with Gasteiger partial charge in [-0.15, -0.1) is 11.3 Å². The van der Waals surface area contributed by atoms with E-state index in [0.29, 0.717) is 5.15 Å². The maximum Gasteiger partial charge on any atom is 0.137 e. The average molecular weight is 311 g/mol. The van der Waals surface area contributed by atoms with Gasteiger partial charge in [-0.1, -0.05) is 18.5 Å². The molecule has 0 saturated heterocycles. The van der Waals surface area contributed by atoms with Crippen LogP contribution in [0.4, 0.5) is 5.82 Å². The van der Waals surface area contributed by atoms with Crippen LogP contribution in [0.15, 0.2) is 5.38 Å². The molecule has 0 bridgehead atoms. The first kappa shape index (κ1) is 15.2. The Morgan fingerprint density at radius 3 is 2.65 bits per heavy atom. The largest absolute Gasteiger partial charge is 0.361 e. The Bertz CT molecular complexity index is 597. The summed E-state index contributed by atoms with van der Waals surface area (Å²) in [5, 5.41) is 7.01. The molecule has 6 heteroatoms. The van der Waals surface area contributed by atoms with Crippen molar-refractivity contribution in [1.29, 1.82) is 0 Å². The van der Waals surface area contributed by atoms with Gasteiger partial charge < -0.3 is 5.32 Å².